The summed E-state index contributed by atoms with van der Waals surface area (Å²) in [5.41, 5.74) is 16.7. The number of aromatic amines is 1. The molecule has 1 heterocycles. The van der Waals surface area contributed by atoms with E-state index in [2.05, 4.69) is 30.9 Å². The van der Waals surface area contributed by atoms with Crippen molar-refractivity contribution in [3.8, 4) is 0 Å². The van der Waals surface area contributed by atoms with Gasteiger partial charge in [-0.2, -0.15) is 0 Å². The van der Waals surface area contributed by atoms with Gasteiger partial charge < -0.3 is 53.5 Å². The van der Waals surface area contributed by atoms with E-state index >= 15 is 0 Å². The predicted molar refractivity (Wildman–Crippen MR) is 137 cm³/mol. The van der Waals surface area contributed by atoms with E-state index in [9.17, 15) is 33.9 Å². The summed E-state index contributed by atoms with van der Waals surface area (Å²) in [6.45, 7) is 0.0872. The average molecular weight is 570 g/mol. The van der Waals surface area contributed by atoms with E-state index in [-0.39, 0.29) is 38.2 Å². The second-order valence-electron chi connectivity index (χ2n) is 8.72. The van der Waals surface area contributed by atoms with Gasteiger partial charge in [0.05, 0.1) is 12.4 Å². The average Bonchev–Trinajstić information content (AvgIpc) is 3.38. The number of aliphatic carboxylic acids is 3. The molecule has 0 aliphatic heterocycles. The number of nitrogens with one attached hydrogen (secondary N) is 4. The van der Waals surface area contributed by atoms with Crippen molar-refractivity contribution in [3.05, 3.63) is 18.2 Å². The molecule has 1 aromatic rings. The monoisotopic (exact) mass is 569 g/mol. The highest BCUT2D eigenvalue weighted by Gasteiger charge is 2.31. The first kappa shape index (κ1) is 33.3. The Morgan fingerprint density at radius 3 is 1.93 bits per heavy atom. The maximum Gasteiger partial charge on any atom is 0.326 e. The summed E-state index contributed by atoms with van der Waals surface area (Å²) in [6, 6.07) is -5.46. The Morgan fingerprint density at radius 2 is 1.40 bits per heavy atom. The van der Waals surface area contributed by atoms with Gasteiger partial charge in [0.2, 0.25) is 17.7 Å². The van der Waals surface area contributed by atoms with Crippen LogP contribution in [0.5, 0.6) is 0 Å². The molecule has 0 radical (unpaired) electrons. The SMILES string of the molecule is NC(N)=NCCCC(NC(=O)C(N)CCC(=O)O)C(=O)NC(CCC(=O)O)C(=O)NC(Cc1cnc[nH]1)C(=O)O. The minimum Gasteiger partial charge on any atom is -0.481 e. The molecular formula is C22H35N9O9. The molecule has 4 atom stereocenters. The molecule has 0 aliphatic rings. The van der Waals surface area contributed by atoms with Gasteiger partial charge in [0.25, 0.3) is 0 Å². The number of aromatic nitrogens is 2. The van der Waals surface area contributed by atoms with Gasteiger partial charge in [0.15, 0.2) is 5.96 Å². The number of guanidine groups is 1. The Hall–Kier alpha value is -4.74. The Labute approximate surface area is 228 Å². The highest BCUT2D eigenvalue weighted by atomic mass is 16.4. The number of amides is 3. The number of carboxylic acid groups (broad SMARTS) is 3. The Morgan fingerprint density at radius 1 is 0.850 bits per heavy atom. The van der Waals surface area contributed by atoms with Crippen LogP contribution in [0.3, 0.4) is 0 Å². The van der Waals surface area contributed by atoms with Crippen LogP contribution in [-0.4, -0.2) is 97.6 Å². The van der Waals surface area contributed by atoms with E-state index in [1.165, 1.54) is 12.5 Å². The number of nitrogens with two attached hydrogens (primary N) is 3. The third-order valence-electron chi connectivity index (χ3n) is 5.46. The quantitative estimate of drug-likeness (QED) is 0.0441. The van der Waals surface area contributed by atoms with Crippen LogP contribution in [0.25, 0.3) is 0 Å². The first-order valence-electron chi connectivity index (χ1n) is 12.2. The van der Waals surface area contributed by atoms with Crippen molar-refractivity contribution in [2.24, 2.45) is 22.2 Å². The van der Waals surface area contributed by atoms with Crippen LogP contribution in [0.15, 0.2) is 17.5 Å². The lowest BCUT2D eigenvalue weighted by atomic mass is 10.1. The van der Waals surface area contributed by atoms with E-state index in [0.29, 0.717) is 5.69 Å². The molecule has 13 N–H and O–H groups in total. The molecule has 0 spiro atoms. The Kier molecular flexibility index (Phi) is 14.1. The minimum atomic E-state index is -1.48. The first-order chi connectivity index (χ1) is 18.8. The molecule has 40 heavy (non-hydrogen) atoms. The zero-order valence-corrected chi connectivity index (χ0v) is 21.5. The fourth-order valence-electron chi connectivity index (χ4n) is 3.36. The maximum atomic E-state index is 13.1. The molecule has 0 saturated carbocycles. The van der Waals surface area contributed by atoms with Crippen LogP contribution in [-0.2, 0) is 35.2 Å². The maximum absolute atomic E-state index is 13.1. The number of aliphatic imine (C=N–C) groups is 1. The molecule has 1 aromatic heterocycles. The third-order valence-corrected chi connectivity index (χ3v) is 5.46. The molecule has 0 bridgehead atoms. The largest absolute Gasteiger partial charge is 0.481 e. The van der Waals surface area contributed by atoms with Crippen molar-refractivity contribution >= 4 is 41.6 Å². The summed E-state index contributed by atoms with van der Waals surface area (Å²) >= 11 is 0. The van der Waals surface area contributed by atoms with Crippen LogP contribution in [0.2, 0.25) is 0 Å². The predicted octanol–water partition coefficient (Wildman–Crippen LogP) is -3.40. The lowest BCUT2D eigenvalue weighted by molar-refractivity contribution is -0.143. The van der Waals surface area contributed by atoms with Gasteiger partial charge in [0.1, 0.15) is 18.1 Å². The molecule has 1 rings (SSSR count). The number of imidazole rings is 1. The molecule has 0 fully saturated rings. The molecule has 3 amide bonds. The van der Waals surface area contributed by atoms with Gasteiger partial charge in [-0.3, -0.25) is 29.0 Å². The van der Waals surface area contributed by atoms with Gasteiger partial charge in [-0.15, -0.1) is 0 Å². The normalized spacial score (nSPS) is 13.6. The van der Waals surface area contributed by atoms with E-state index in [1.54, 1.807) is 0 Å². The van der Waals surface area contributed by atoms with Gasteiger partial charge in [-0.05, 0) is 25.7 Å². The zero-order valence-electron chi connectivity index (χ0n) is 21.5. The lowest BCUT2D eigenvalue weighted by Crippen LogP contribution is -2.57. The Balaban J connectivity index is 3.05. The second-order valence-corrected chi connectivity index (χ2v) is 8.72. The fourth-order valence-corrected chi connectivity index (χ4v) is 3.36. The van der Waals surface area contributed by atoms with Crippen molar-refractivity contribution < 1.29 is 44.1 Å². The van der Waals surface area contributed by atoms with Crippen molar-refractivity contribution in [3.63, 3.8) is 0 Å². The number of rotatable bonds is 19. The van der Waals surface area contributed by atoms with Crippen LogP contribution >= 0.6 is 0 Å². The van der Waals surface area contributed by atoms with Gasteiger partial charge in [-0.1, -0.05) is 0 Å². The number of carbonyl (C=O) groups is 6. The summed E-state index contributed by atoms with van der Waals surface area (Å²) in [5, 5.41) is 34.4. The van der Waals surface area contributed by atoms with E-state index < -0.39 is 79.1 Å². The summed E-state index contributed by atoms with van der Waals surface area (Å²) in [7, 11) is 0. The number of H-pyrrole nitrogens is 1. The molecule has 222 valence electrons. The summed E-state index contributed by atoms with van der Waals surface area (Å²) < 4.78 is 0. The standard InChI is InChI=1S/C22H35N9O9/c23-12(3-5-16(32)33)18(36)29-13(2-1-7-27-22(24)25)19(37)30-14(4-6-17(34)35)20(38)31-15(21(39)40)8-11-9-26-10-28-11/h9-10,12-15H,1-8,23H2,(H,26,28)(H,29,36)(H,30,37)(H,31,38)(H,32,33)(H,34,35)(H,39,40)(H4,24,25,27). The van der Waals surface area contributed by atoms with E-state index in [1.807, 2.05) is 0 Å². The summed E-state index contributed by atoms with van der Waals surface area (Å²) in [4.78, 5) is 82.5. The van der Waals surface area contributed by atoms with Crippen molar-refractivity contribution in [2.45, 2.75) is 69.1 Å². The summed E-state index contributed by atoms with van der Waals surface area (Å²) in [6.07, 6.45) is 1.13. The number of carboxylic acids is 3. The van der Waals surface area contributed by atoms with Crippen molar-refractivity contribution in [2.75, 3.05) is 6.54 Å². The van der Waals surface area contributed by atoms with Crippen LogP contribution in [0.1, 0.15) is 44.2 Å². The molecule has 18 heteroatoms. The number of carbonyl (C=O) groups excluding carboxylic acids is 3. The highest BCUT2D eigenvalue weighted by molar-refractivity contribution is 5.94. The molecule has 18 nitrogen and oxygen atoms in total. The molecule has 0 aromatic carbocycles. The van der Waals surface area contributed by atoms with E-state index in [0.717, 1.165) is 0 Å². The van der Waals surface area contributed by atoms with Crippen molar-refractivity contribution in [1.29, 1.82) is 0 Å². The highest BCUT2D eigenvalue weighted by Crippen LogP contribution is 2.06. The van der Waals surface area contributed by atoms with E-state index in [4.69, 9.17) is 27.4 Å². The topological polar surface area (TPSA) is 318 Å². The molecule has 0 aliphatic carbocycles. The van der Waals surface area contributed by atoms with Crippen LogP contribution in [0.4, 0.5) is 0 Å². The smallest absolute Gasteiger partial charge is 0.326 e. The Bertz CT molecular complexity index is 1060. The molecular weight excluding hydrogens is 534 g/mol. The minimum absolute atomic E-state index is 0.0369. The third kappa shape index (κ3) is 13.2. The van der Waals surface area contributed by atoms with Gasteiger partial charge in [0, 0.05) is 37.7 Å². The second kappa shape index (κ2) is 17.0. The van der Waals surface area contributed by atoms with Gasteiger partial charge in [-0.25, -0.2) is 9.78 Å². The molecule has 4 unspecified atom stereocenters. The number of nitrogens with zero attached hydrogens (tertiary/aromatic N) is 2. The van der Waals surface area contributed by atoms with Crippen molar-refractivity contribution in [1.82, 2.24) is 25.9 Å². The van der Waals surface area contributed by atoms with Gasteiger partial charge >= 0.3 is 17.9 Å². The van der Waals surface area contributed by atoms with Crippen LogP contribution < -0.4 is 33.2 Å². The fraction of sp³-hybridized carbons (Fsp3) is 0.545. The first-order valence-corrected chi connectivity index (χ1v) is 12.2. The van der Waals surface area contributed by atoms with Crippen LogP contribution in [0, 0.1) is 0 Å². The molecule has 0 saturated heterocycles. The lowest BCUT2D eigenvalue weighted by Gasteiger charge is -2.25. The summed E-state index contributed by atoms with van der Waals surface area (Å²) in [5.74, 6) is -6.72. The number of hydrogen-bond donors (Lipinski definition) is 10. The number of hydrogen-bond acceptors (Lipinski definition) is 9. The zero-order chi connectivity index (χ0) is 30.2.